The van der Waals surface area contributed by atoms with Crippen LogP contribution in [0.15, 0.2) is 23.2 Å². The van der Waals surface area contributed by atoms with Crippen LogP contribution in [-0.2, 0) is 17.2 Å². The highest BCUT2D eigenvalue weighted by molar-refractivity contribution is 14.0. The fourth-order valence-electron chi connectivity index (χ4n) is 3.71. The molecule has 0 amide bonds. The van der Waals surface area contributed by atoms with Gasteiger partial charge in [-0.1, -0.05) is 19.4 Å². The zero-order chi connectivity index (χ0) is 21.1. The fraction of sp³-hybridized carbons (Fsp3) is 0.682. The summed E-state index contributed by atoms with van der Waals surface area (Å²) in [6.45, 7) is 7.97. The van der Waals surface area contributed by atoms with Gasteiger partial charge < -0.3 is 20.1 Å². The second-order valence-corrected chi connectivity index (χ2v) is 9.20. The maximum absolute atomic E-state index is 12.2. The summed E-state index contributed by atoms with van der Waals surface area (Å²) in [7, 11) is 1.08. The van der Waals surface area contributed by atoms with E-state index in [-0.39, 0.29) is 24.0 Å². The standard InChI is InChI=1S/C22H37N3O3S.HI/c1-5-27-20-12-11-17(15-21(20)28-6-2)13-14-24-22(23-4)25-18-9-8-10-19(16-18)29(26)7-3;/h11-12,15,18-19H,5-10,13-14,16H2,1-4H3,(H2,23,24,25);1H. The van der Waals surface area contributed by atoms with Gasteiger partial charge in [-0.25, -0.2) is 0 Å². The first-order valence-electron chi connectivity index (χ1n) is 10.8. The number of hydrogen-bond acceptors (Lipinski definition) is 4. The summed E-state index contributed by atoms with van der Waals surface area (Å²) < 4.78 is 23.5. The number of rotatable bonds is 10. The number of nitrogens with one attached hydrogen (secondary N) is 2. The molecule has 1 aliphatic rings. The summed E-state index contributed by atoms with van der Waals surface area (Å²) in [5.41, 5.74) is 1.19. The van der Waals surface area contributed by atoms with Gasteiger partial charge in [-0.15, -0.1) is 24.0 Å². The van der Waals surface area contributed by atoms with Crippen molar-refractivity contribution in [2.24, 2.45) is 4.99 Å². The molecule has 8 heteroatoms. The Morgan fingerprint density at radius 2 is 1.90 bits per heavy atom. The minimum atomic E-state index is -0.711. The van der Waals surface area contributed by atoms with Crippen molar-refractivity contribution in [2.45, 2.75) is 64.2 Å². The molecule has 6 nitrogen and oxygen atoms in total. The molecule has 0 saturated heterocycles. The van der Waals surface area contributed by atoms with Crippen LogP contribution in [0.3, 0.4) is 0 Å². The lowest BCUT2D eigenvalue weighted by molar-refractivity contribution is 0.287. The van der Waals surface area contributed by atoms with Gasteiger partial charge in [-0.3, -0.25) is 9.20 Å². The van der Waals surface area contributed by atoms with Crippen molar-refractivity contribution in [2.75, 3.05) is 32.6 Å². The first kappa shape index (κ1) is 27.0. The van der Waals surface area contributed by atoms with Crippen molar-refractivity contribution in [1.82, 2.24) is 10.6 Å². The normalized spacial score (nSPS) is 20.1. The van der Waals surface area contributed by atoms with Crippen LogP contribution in [0.1, 0.15) is 52.0 Å². The molecule has 1 fully saturated rings. The highest BCUT2D eigenvalue weighted by Crippen LogP contribution is 2.28. The third-order valence-electron chi connectivity index (χ3n) is 5.16. The van der Waals surface area contributed by atoms with Crippen molar-refractivity contribution in [3.8, 4) is 11.5 Å². The zero-order valence-electron chi connectivity index (χ0n) is 18.7. The first-order valence-corrected chi connectivity index (χ1v) is 12.2. The summed E-state index contributed by atoms with van der Waals surface area (Å²) >= 11 is 0. The molecule has 0 aromatic heterocycles. The predicted molar refractivity (Wildman–Crippen MR) is 137 cm³/mol. The highest BCUT2D eigenvalue weighted by atomic mass is 127. The molecule has 1 aromatic carbocycles. The van der Waals surface area contributed by atoms with Crippen LogP contribution in [-0.4, -0.2) is 54.0 Å². The fourth-order valence-corrected chi connectivity index (χ4v) is 5.06. The molecule has 1 saturated carbocycles. The van der Waals surface area contributed by atoms with E-state index in [1.807, 2.05) is 26.8 Å². The van der Waals surface area contributed by atoms with Crippen LogP contribution >= 0.6 is 24.0 Å². The van der Waals surface area contributed by atoms with Crippen LogP contribution in [0.5, 0.6) is 11.5 Å². The molecule has 1 aliphatic carbocycles. The largest absolute Gasteiger partial charge is 0.490 e. The number of guanidine groups is 1. The van der Waals surface area contributed by atoms with Crippen LogP contribution in [0.25, 0.3) is 0 Å². The quantitative estimate of drug-likeness (QED) is 0.262. The van der Waals surface area contributed by atoms with E-state index in [1.54, 1.807) is 7.05 Å². The van der Waals surface area contributed by atoms with Gasteiger partial charge in [0, 0.05) is 41.4 Å². The van der Waals surface area contributed by atoms with Crippen molar-refractivity contribution < 1.29 is 13.7 Å². The number of aliphatic imine (C=N–C) groups is 1. The molecule has 2 rings (SSSR count). The number of halogens is 1. The second kappa shape index (κ2) is 14.9. The van der Waals surface area contributed by atoms with E-state index in [0.29, 0.717) is 24.5 Å². The molecule has 2 N–H and O–H groups in total. The highest BCUT2D eigenvalue weighted by Gasteiger charge is 2.25. The van der Waals surface area contributed by atoms with E-state index < -0.39 is 10.8 Å². The Balaban J connectivity index is 0.00000450. The lowest BCUT2D eigenvalue weighted by Gasteiger charge is -2.30. The minimum absolute atomic E-state index is 0. The number of nitrogens with zero attached hydrogens (tertiary/aromatic N) is 1. The van der Waals surface area contributed by atoms with Gasteiger partial charge in [0.15, 0.2) is 17.5 Å². The Kier molecular flexibility index (Phi) is 13.4. The number of benzene rings is 1. The van der Waals surface area contributed by atoms with E-state index in [2.05, 4.69) is 27.8 Å². The Hall–Kier alpha value is -1.03. The molecular weight excluding hydrogens is 513 g/mol. The molecule has 1 aromatic rings. The van der Waals surface area contributed by atoms with E-state index >= 15 is 0 Å². The number of ether oxygens (including phenoxy) is 2. The lowest BCUT2D eigenvalue weighted by atomic mass is 9.95. The Morgan fingerprint density at radius 3 is 2.57 bits per heavy atom. The van der Waals surface area contributed by atoms with E-state index in [9.17, 15) is 4.21 Å². The van der Waals surface area contributed by atoms with Crippen LogP contribution in [0.4, 0.5) is 0 Å². The first-order chi connectivity index (χ1) is 14.1. The third-order valence-corrected chi connectivity index (χ3v) is 6.90. The smallest absolute Gasteiger partial charge is 0.191 e. The van der Waals surface area contributed by atoms with Crippen molar-refractivity contribution >= 4 is 40.7 Å². The Bertz CT molecular complexity index is 688. The molecule has 3 atom stereocenters. The average molecular weight is 552 g/mol. The maximum atomic E-state index is 12.2. The van der Waals surface area contributed by atoms with Gasteiger partial charge in [0.05, 0.1) is 13.2 Å². The molecule has 0 spiro atoms. The van der Waals surface area contributed by atoms with Crippen LogP contribution in [0.2, 0.25) is 0 Å². The molecule has 3 unspecified atom stereocenters. The van der Waals surface area contributed by atoms with Gasteiger partial charge in [0.2, 0.25) is 0 Å². The molecule has 0 radical (unpaired) electrons. The lowest BCUT2D eigenvalue weighted by Crippen LogP contribution is -2.47. The van der Waals surface area contributed by atoms with E-state index in [1.165, 1.54) is 5.56 Å². The zero-order valence-corrected chi connectivity index (χ0v) is 21.9. The summed E-state index contributed by atoms with van der Waals surface area (Å²) in [6, 6.07) is 6.45. The SMILES string of the molecule is CCOc1ccc(CCNC(=NC)NC2CCCC(S(=O)CC)C2)cc1OCC.I. The molecule has 0 aliphatic heterocycles. The Labute approximate surface area is 201 Å². The van der Waals surface area contributed by atoms with Gasteiger partial charge >= 0.3 is 0 Å². The minimum Gasteiger partial charge on any atom is -0.490 e. The second-order valence-electron chi connectivity index (χ2n) is 7.20. The van der Waals surface area contributed by atoms with E-state index in [0.717, 1.165) is 61.9 Å². The van der Waals surface area contributed by atoms with Gasteiger partial charge in [-0.05, 0) is 57.2 Å². The molecule has 30 heavy (non-hydrogen) atoms. The van der Waals surface area contributed by atoms with Crippen LogP contribution in [0, 0.1) is 0 Å². The predicted octanol–water partition coefficient (Wildman–Crippen LogP) is 3.89. The third kappa shape index (κ3) is 8.61. The topological polar surface area (TPSA) is 72.0 Å². The van der Waals surface area contributed by atoms with Crippen molar-refractivity contribution in [3.63, 3.8) is 0 Å². The van der Waals surface area contributed by atoms with Crippen molar-refractivity contribution in [3.05, 3.63) is 23.8 Å². The molecular formula is C22H38IN3O3S. The summed E-state index contributed by atoms with van der Waals surface area (Å²) in [5, 5.41) is 7.23. The summed E-state index contributed by atoms with van der Waals surface area (Å²) in [5.74, 6) is 3.15. The average Bonchev–Trinajstić information content (AvgIpc) is 2.74. The summed E-state index contributed by atoms with van der Waals surface area (Å²) in [4.78, 5) is 4.36. The van der Waals surface area contributed by atoms with Gasteiger partial charge in [-0.2, -0.15) is 0 Å². The maximum Gasteiger partial charge on any atom is 0.191 e. The Morgan fingerprint density at radius 1 is 1.17 bits per heavy atom. The molecule has 0 bridgehead atoms. The number of hydrogen-bond donors (Lipinski definition) is 2. The molecule has 172 valence electrons. The van der Waals surface area contributed by atoms with Gasteiger partial charge in [0.25, 0.3) is 0 Å². The molecule has 0 heterocycles. The van der Waals surface area contributed by atoms with Crippen molar-refractivity contribution in [1.29, 1.82) is 0 Å². The van der Waals surface area contributed by atoms with Crippen LogP contribution < -0.4 is 20.1 Å². The van der Waals surface area contributed by atoms with Gasteiger partial charge in [0.1, 0.15) is 0 Å². The summed E-state index contributed by atoms with van der Waals surface area (Å²) in [6.07, 6.45) is 5.12. The van der Waals surface area contributed by atoms with E-state index in [4.69, 9.17) is 9.47 Å². The monoisotopic (exact) mass is 551 g/mol.